The summed E-state index contributed by atoms with van der Waals surface area (Å²) >= 11 is 2.37. The van der Waals surface area contributed by atoms with E-state index in [1.54, 1.807) is 0 Å². The lowest BCUT2D eigenvalue weighted by Gasteiger charge is -2.30. The predicted octanol–water partition coefficient (Wildman–Crippen LogP) is 3.16. The normalized spacial score (nSPS) is 27.5. The molecular weight excluding hydrogens is 263 g/mol. The number of hydrogen-bond donors (Lipinski definition) is 0. The SMILES string of the molecule is CC1(I)CCc2ccccc2O1. The lowest BCUT2D eigenvalue weighted by atomic mass is 10.0. The van der Waals surface area contributed by atoms with E-state index in [9.17, 15) is 0 Å². The molecule has 0 radical (unpaired) electrons. The van der Waals surface area contributed by atoms with E-state index in [-0.39, 0.29) is 3.61 Å². The Kier molecular flexibility index (Phi) is 2.02. The monoisotopic (exact) mass is 274 g/mol. The van der Waals surface area contributed by atoms with Crippen LogP contribution in [0.5, 0.6) is 5.75 Å². The highest BCUT2D eigenvalue weighted by molar-refractivity contribution is 14.1. The Balaban J connectivity index is 2.35. The van der Waals surface area contributed by atoms with Gasteiger partial charge in [-0.05, 0) is 47.6 Å². The fourth-order valence-electron chi connectivity index (χ4n) is 1.45. The number of fused-ring (bicyclic) bond motifs is 1. The summed E-state index contributed by atoms with van der Waals surface area (Å²) in [5.41, 5.74) is 1.34. The number of alkyl halides is 1. The van der Waals surface area contributed by atoms with Crippen LogP contribution in [0.25, 0.3) is 0 Å². The third-order valence-electron chi connectivity index (χ3n) is 2.14. The summed E-state index contributed by atoms with van der Waals surface area (Å²) in [5, 5.41) is 0. The molecule has 1 aliphatic rings. The first-order valence-electron chi connectivity index (χ1n) is 4.13. The van der Waals surface area contributed by atoms with Crippen LogP contribution in [0.2, 0.25) is 0 Å². The molecule has 0 fully saturated rings. The minimum absolute atomic E-state index is 0.00782. The topological polar surface area (TPSA) is 9.23 Å². The molecule has 1 nitrogen and oxygen atoms in total. The molecule has 1 aromatic rings. The first-order valence-corrected chi connectivity index (χ1v) is 5.21. The number of aryl methyl sites for hydroxylation is 1. The van der Waals surface area contributed by atoms with Crippen LogP contribution >= 0.6 is 22.6 Å². The lowest BCUT2D eigenvalue weighted by Crippen LogP contribution is -2.28. The van der Waals surface area contributed by atoms with Gasteiger partial charge in [-0.15, -0.1) is 0 Å². The summed E-state index contributed by atoms with van der Waals surface area (Å²) in [6, 6.07) is 8.28. The summed E-state index contributed by atoms with van der Waals surface area (Å²) < 4.78 is 5.80. The van der Waals surface area contributed by atoms with Gasteiger partial charge in [0.2, 0.25) is 0 Å². The van der Waals surface area contributed by atoms with Gasteiger partial charge in [-0.25, -0.2) is 0 Å². The highest BCUT2D eigenvalue weighted by atomic mass is 127. The number of ether oxygens (including phenoxy) is 1. The van der Waals surface area contributed by atoms with E-state index < -0.39 is 0 Å². The fraction of sp³-hybridized carbons (Fsp3) is 0.400. The van der Waals surface area contributed by atoms with Gasteiger partial charge in [0, 0.05) is 6.42 Å². The number of benzene rings is 1. The Hall–Kier alpha value is -0.250. The maximum atomic E-state index is 5.81. The van der Waals surface area contributed by atoms with Crippen molar-refractivity contribution in [2.24, 2.45) is 0 Å². The molecule has 0 saturated carbocycles. The van der Waals surface area contributed by atoms with Gasteiger partial charge in [-0.2, -0.15) is 0 Å². The Morgan fingerprint density at radius 2 is 2.17 bits per heavy atom. The smallest absolute Gasteiger partial charge is 0.156 e. The zero-order valence-corrected chi connectivity index (χ0v) is 9.17. The molecule has 1 aliphatic heterocycles. The predicted molar refractivity (Wildman–Crippen MR) is 57.8 cm³/mol. The minimum atomic E-state index is -0.00782. The van der Waals surface area contributed by atoms with E-state index in [0.29, 0.717) is 0 Å². The molecule has 0 N–H and O–H groups in total. The van der Waals surface area contributed by atoms with Crippen LogP contribution in [0.15, 0.2) is 24.3 Å². The first kappa shape index (κ1) is 8.35. The Labute approximate surface area is 86.3 Å². The van der Waals surface area contributed by atoms with E-state index in [2.05, 4.69) is 41.6 Å². The Morgan fingerprint density at radius 3 is 3.00 bits per heavy atom. The number of para-hydroxylation sites is 1. The van der Waals surface area contributed by atoms with Gasteiger partial charge in [0.1, 0.15) is 5.75 Å². The third-order valence-corrected chi connectivity index (χ3v) is 2.90. The fourth-order valence-corrected chi connectivity index (χ4v) is 1.96. The van der Waals surface area contributed by atoms with E-state index >= 15 is 0 Å². The first-order chi connectivity index (χ1) is 5.67. The number of halogens is 1. The molecule has 2 heteroatoms. The average Bonchev–Trinajstić information content (AvgIpc) is 2.02. The molecular formula is C10H11IO. The van der Waals surface area contributed by atoms with Gasteiger partial charge < -0.3 is 4.74 Å². The van der Waals surface area contributed by atoms with Crippen molar-refractivity contribution in [2.45, 2.75) is 23.4 Å². The average molecular weight is 274 g/mol. The third kappa shape index (κ3) is 1.58. The van der Waals surface area contributed by atoms with Crippen molar-refractivity contribution in [2.75, 3.05) is 0 Å². The second kappa shape index (κ2) is 2.91. The molecule has 0 aliphatic carbocycles. The summed E-state index contributed by atoms with van der Waals surface area (Å²) in [4.78, 5) is 0. The van der Waals surface area contributed by atoms with Gasteiger partial charge in [0.15, 0.2) is 3.61 Å². The van der Waals surface area contributed by atoms with Crippen LogP contribution in [0.1, 0.15) is 18.9 Å². The van der Waals surface area contributed by atoms with Crippen molar-refractivity contribution in [1.82, 2.24) is 0 Å². The van der Waals surface area contributed by atoms with Gasteiger partial charge >= 0.3 is 0 Å². The molecule has 0 amide bonds. The van der Waals surface area contributed by atoms with E-state index in [0.717, 1.165) is 18.6 Å². The zero-order valence-electron chi connectivity index (χ0n) is 7.01. The second-order valence-corrected chi connectivity index (χ2v) is 5.59. The maximum absolute atomic E-state index is 5.81. The van der Waals surface area contributed by atoms with Crippen molar-refractivity contribution in [3.63, 3.8) is 0 Å². The van der Waals surface area contributed by atoms with Crippen molar-refractivity contribution in [3.8, 4) is 5.75 Å². The molecule has 0 aromatic heterocycles. The van der Waals surface area contributed by atoms with E-state index in [1.807, 2.05) is 12.1 Å². The summed E-state index contributed by atoms with van der Waals surface area (Å²) in [6.07, 6.45) is 2.24. The molecule has 64 valence electrons. The molecule has 0 saturated heterocycles. The maximum Gasteiger partial charge on any atom is 0.156 e. The number of hydrogen-bond acceptors (Lipinski definition) is 1. The molecule has 1 aromatic carbocycles. The van der Waals surface area contributed by atoms with Crippen LogP contribution in [0.4, 0.5) is 0 Å². The van der Waals surface area contributed by atoms with Crippen LogP contribution in [-0.2, 0) is 6.42 Å². The van der Waals surface area contributed by atoms with E-state index in [4.69, 9.17) is 4.74 Å². The molecule has 1 atom stereocenters. The van der Waals surface area contributed by atoms with Crippen LogP contribution < -0.4 is 4.74 Å². The number of rotatable bonds is 0. The highest BCUT2D eigenvalue weighted by Gasteiger charge is 2.27. The van der Waals surface area contributed by atoms with Gasteiger partial charge in [-0.3, -0.25) is 0 Å². The standard InChI is InChI=1S/C10H11IO/c1-10(11)7-6-8-4-2-3-5-9(8)12-10/h2-5H,6-7H2,1H3. The van der Waals surface area contributed by atoms with Crippen LogP contribution in [0.3, 0.4) is 0 Å². The van der Waals surface area contributed by atoms with Crippen molar-refractivity contribution in [1.29, 1.82) is 0 Å². The Bertz CT molecular complexity index is 294. The van der Waals surface area contributed by atoms with Crippen molar-refractivity contribution < 1.29 is 4.74 Å². The van der Waals surface area contributed by atoms with Crippen LogP contribution in [-0.4, -0.2) is 3.61 Å². The summed E-state index contributed by atoms with van der Waals surface area (Å²) in [7, 11) is 0. The molecule has 2 rings (SSSR count). The summed E-state index contributed by atoms with van der Waals surface area (Å²) in [6.45, 7) is 2.13. The van der Waals surface area contributed by atoms with Crippen molar-refractivity contribution in [3.05, 3.63) is 29.8 Å². The largest absolute Gasteiger partial charge is 0.477 e. The minimum Gasteiger partial charge on any atom is -0.477 e. The van der Waals surface area contributed by atoms with Gasteiger partial charge in [-0.1, -0.05) is 18.2 Å². The molecule has 0 spiro atoms. The molecule has 1 heterocycles. The quantitative estimate of drug-likeness (QED) is 0.521. The van der Waals surface area contributed by atoms with Gasteiger partial charge in [0.05, 0.1) is 0 Å². The highest BCUT2D eigenvalue weighted by Crippen LogP contribution is 2.36. The summed E-state index contributed by atoms with van der Waals surface area (Å²) in [5.74, 6) is 1.06. The van der Waals surface area contributed by atoms with E-state index in [1.165, 1.54) is 5.56 Å². The second-order valence-electron chi connectivity index (χ2n) is 3.31. The van der Waals surface area contributed by atoms with Crippen molar-refractivity contribution >= 4 is 22.6 Å². The zero-order chi connectivity index (χ0) is 8.60. The lowest BCUT2D eigenvalue weighted by molar-refractivity contribution is 0.175. The van der Waals surface area contributed by atoms with Crippen LogP contribution in [0, 0.1) is 0 Å². The molecule has 1 unspecified atom stereocenters. The van der Waals surface area contributed by atoms with Gasteiger partial charge in [0.25, 0.3) is 0 Å². The molecule has 12 heavy (non-hydrogen) atoms. The molecule has 0 bridgehead atoms. The Morgan fingerprint density at radius 1 is 1.42 bits per heavy atom.